The number of rotatable bonds is 8. The highest BCUT2D eigenvalue weighted by atomic mass is 16.7. The number of hydrogen-bond donors (Lipinski definition) is 0. The second-order valence-electron chi connectivity index (χ2n) is 7.27. The van der Waals surface area contributed by atoms with Crippen LogP contribution in [0.1, 0.15) is 31.2 Å². The molecule has 1 unspecified atom stereocenters. The fourth-order valence-electron chi connectivity index (χ4n) is 4.08. The molecule has 1 aromatic rings. The molecule has 0 radical (unpaired) electrons. The van der Waals surface area contributed by atoms with Crippen molar-refractivity contribution in [2.24, 2.45) is 11.8 Å². The lowest BCUT2D eigenvalue weighted by molar-refractivity contribution is -0.193. The van der Waals surface area contributed by atoms with Gasteiger partial charge < -0.3 is 23.7 Å². The number of methoxy groups -OCH3 is 2. The summed E-state index contributed by atoms with van der Waals surface area (Å²) in [5.74, 6) is -1.70. The lowest BCUT2D eigenvalue weighted by atomic mass is 9.75. The standard InChI is InChI=1S/C21H28O7/c1-24-17-7-5-15(6-8-17)13-26-14-18(22)19(20(23)25-2)16-4-3-9-21(12-16)27-10-11-28-21/h5-8,16,19H,3-4,9-14H2,1-2H3/t16-,19?/m1/s1. The van der Waals surface area contributed by atoms with E-state index in [0.717, 1.165) is 30.6 Å². The first-order chi connectivity index (χ1) is 13.6. The molecule has 7 heteroatoms. The molecule has 1 aliphatic carbocycles. The van der Waals surface area contributed by atoms with Crippen LogP contribution in [0.15, 0.2) is 24.3 Å². The molecule has 2 aliphatic rings. The Bertz CT molecular complexity index is 664. The molecular weight excluding hydrogens is 364 g/mol. The minimum absolute atomic E-state index is 0.142. The molecule has 2 fully saturated rings. The second kappa shape index (κ2) is 9.49. The molecule has 1 aromatic carbocycles. The highest BCUT2D eigenvalue weighted by Gasteiger charge is 2.47. The molecule has 0 aromatic heterocycles. The number of carbonyl (C=O) groups is 2. The summed E-state index contributed by atoms with van der Waals surface area (Å²) < 4.78 is 27.2. The molecule has 1 saturated carbocycles. The third-order valence-corrected chi connectivity index (χ3v) is 5.46. The summed E-state index contributed by atoms with van der Waals surface area (Å²) in [6, 6.07) is 7.42. The highest BCUT2D eigenvalue weighted by Crippen LogP contribution is 2.42. The van der Waals surface area contributed by atoms with E-state index in [9.17, 15) is 9.59 Å². The number of ether oxygens (including phenoxy) is 5. The van der Waals surface area contributed by atoms with Crippen molar-refractivity contribution in [1.82, 2.24) is 0 Å². The Kier molecular flexibility index (Phi) is 7.04. The normalized spacial score (nSPS) is 22.0. The topological polar surface area (TPSA) is 80.3 Å². The summed E-state index contributed by atoms with van der Waals surface area (Å²) in [7, 11) is 2.91. The van der Waals surface area contributed by atoms with Gasteiger partial charge in [-0.3, -0.25) is 9.59 Å². The molecule has 7 nitrogen and oxygen atoms in total. The molecule has 0 bridgehead atoms. The summed E-state index contributed by atoms with van der Waals surface area (Å²) in [5.41, 5.74) is 0.924. The fraction of sp³-hybridized carbons (Fsp3) is 0.619. The second-order valence-corrected chi connectivity index (χ2v) is 7.27. The number of ketones is 1. The van der Waals surface area contributed by atoms with Gasteiger partial charge in [-0.25, -0.2) is 0 Å². The molecule has 3 rings (SSSR count). The quantitative estimate of drug-likeness (QED) is 0.497. The summed E-state index contributed by atoms with van der Waals surface area (Å²) >= 11 is 0. The van der Waals surface area contributed by atoms with E-state index in [1.165, 1.54) is 7.11 Å². The number of hydrogen-bond acceptors (Lipinski definition) is 7. The van der Waals surface area contributed by atoms with Crippen LogP contribution in [0.2, 0.25) is 0 Å². The van der Waals surface area contributed by atoms with Crippen molar-refractivity contribution in [3.63, 3.8) is 0 Å². The molecule has 1 heterocycles. The Labute approximate surface area is 165 Å². The van der Waals surface area contributed by atoms with E-state index in [2.05, 4.69) is 0 Å². The van der Waals surface area contributed by atoms with E-state index in [1.54, 1.807) is 7.11 Å². The van der Waals surface area contributed by atoms with Gasteiger partial charge in [0, 0.05) is 12.8 Å². The van der Waals surface area contributed by atoms with Crippen LogP contribution in [0, 0.1) is 11.8 Å². The zero-order valence-corrected chi connectivity index (χ0v) is 16.5. The summed E-state index contributed by atoms with van der Waals surface area (Å²) in [4.78, 5) is 25.2. The Morgan fingerprint density at radius 1 is 1.18 bits per heavy atom. The number of Topliss-reactive ketones (excluding diaryl/α,β-unsaturated/α-hetero) is 1. The van der Waals surface area contributed by atoms with Gasteiger partial charge in [0.1, 0.15) is 18.3 Å². The molecule has 0 amide bonds. The van der Waals surface area contributed by atoms with E-state index >= 15 is 0 Å². The van der Waals surface area contributed by atoms with Gasteiger partial charge in [0.05, 0.1) is 34.0 Å². The first-order valence-corrected chi connectivity index (χ1v) is 9.66. The number of esters is 1. The van der Waals surface area contributed by atoms with Crippen LogP contribution in [-0.4, -0.2) is 51.6 Å². The van der Waals surface area contributed by atoms with Gasteiger partial charge in [-0.15, -0.1) is 0 Å². The average molecular weight is 392 g/mol. The van der Waals surface area contributed by atoms with E-state index in [0.29, 0.717) is 19.6 Å². The lowest BCUT2D eigenvalue weighted by Crippen LogP contribution is -2.43. The van der Waals surface area contributed by atoms with Crippen molar-refractivity contribution < 1.29 is 33.3 Å². The number of carbonyl (C=O) groups excluding carboxylic acids is 2. The average Bonchev–Trinajstić information content (AvgIpc) is 3.16. The van der Waals surface area contributed by atoms with E-state index in [1.807, 2.05) is 24.3 Å². The van der Waals surface area contributed by atoms with Crippen LogP contribution in [0.4, 0.5) is 0 Å². The maximum Gasteiger partial charge on any atom is 0.316 e. The van der Waals surface area contributed by atoms with Gasteiger partial charge in [-0.1, -0.05) is 12.1 Å². The van der Waals surface area contributed by atoms with Gasteiger partial charge in [-0.2, -0.15) is 0 Å². The van der Waals surface area contributed by atoms with Crippen LogP contribution >= 0.6 is 0 Å². The van der Waals surface area contributed by atoms with Gasteiger partial charge in [0.2, 0.25) is 0 Å². The minimum Gasteiger partial charge on any atom is -0.497 e. The van der Waals surface area contributed by atoms with Crippen LogP contribution in [0.3, 0.4) is 0 Å². The molecule has 2 atom stereocenters. The fourth-order valence-corrected chi connectivity index (χ4v) is 4.08. The third-order valence-electron chi connectivity index (χ3n) is 5.46. The van der Waals surface area contributed by atoms with Gasteiger partial charge in [0.15, 0.2) is 11.6 Å². The molecule has 28 heavy (non-hydrogen) atoms. The Morgan fingerprint density at radius 2 is 1.89 bits per heavy atom. The first-order valence-electron chi connectivity index (χ1n) is 9.66. The predicted molar refractivity (Wildman–Crippen MR) is 99.8 cm³/mol. The zero-order valence-electron chi connectivity index (χ0n) is 16.5. The van der Waals surface area contributed by atoms with Crippen molar-refractivity contribution in [2.75, 3.05) is 34.0 Å². The molecule has 1 spiro atoms. The Morgan fingerprint density at radius 3 is 2.54 bits per heavy atom. The first kappa shape index (κ1) is 20.8. The van der Waals surface area contributed by atoms with Crippen LogP contribution < -0.4 is 4.74 Å². The summed E-state index contributed by atoms with van der Waals surface area (Å²) in [6.45, 7) is 1.24. The molecular formula is C21H28O7. The maximum atomic E-state index is 12.8. The zero-order chi connectivity index (χ0) is 20.0. The molecule has 1 aliphatic heterocycles. The van der Waals surface area contributed by atoms with E-state index < -0.39 is 17.7 Å². The summed E-state index contributed by atoms with van der Waals surface area (Å²) in [6.07, 6.45) is 2.92. The van der Waals surface area contributed by atoms with Crippen molar-refractivity contribution in [3.8, 4) is 5.75 Å². The monoisotopic (exact) mass is 392 g/mol. The van der Waals surface area contributed by atoms with E-state index in [-0.39, 0.29) is 24.9 Å². The van der Waals surface area contributed by atoms with Gasteiger partial charge in [-0.05, 0) is 36.5 Å². The SMILES string of the molecule is COC(=O)C(C(=O)COCc1ccc(OC)cc1)[C@@H]1CCCC2(C1)OCCO2. The predicted octanol–water partition coefficient (Wildman–Crippen LogP) is 2.50. The third kappa shape index (κ3) is 4.90. The summed E-state index contributed by atoms with van der Waals surface area (Å²) in [5, 5.41) is 0. The highest BCUT2D eigenvalue weighted by molar-refractivity contribution is 6.00. The van der Waals surface area contributed by atoms with Crippen molar-refractivity contribution >= 4 is 11.8 Å². The Hall–Kier alpha value is -1.96. The minimum atomic E-state index is -0.856. The van der Waals surface area contributed by atoms with Gasteiger partial charge >= 0.3 is 5.97 Å². The molecule has 0 N–H and O–H groups in total. The lowest BCUT2D eigenvalue weighted by Gasteiger charge is -2.38. The largest absolute Gasteiger partial charge is 0.497 e. The van der Waals surface area contributed by atoms with Crippen molar-refractivity contribution in [2.45, 2.75) is 38.1 Å². The van der Waals surface area contributed by atoms with Gasteiger partial charge in [0.25, 0.3) is 0 Å². The van der Waals surface area contributed by atoms with Crippen LogP contribution in [0.25, 0.3) is 0 Å². The molecule has 1 saturated heterocycles. The Balaban J connectivity index is 1.59. The number of benzene rings is 1. The smallest absolute Gasteiger partial charge is 0.316 e. The van der Waals surface area contributed by atoms with Crippen molar-refractivity contribution in [3.05, 3.63) is 29.8 Å². The van der Waals surface area contributed by atoms with E-state index in [4.69, 9.17) is 23.7 Å². The van der Waals surface area contributed by atoms with Crippen LogP contribution in [0.5, 0.6) is 5.75 Å². The maximum absolute atomic E-state index is 12.8. The molecule has 154 valence electrons. The van der Waals surface area contributed by atoms with Crippen molar-refractivity contribution in [1.29, 1.82) is 0 Å². The van der Waals surface area contributed by atoms with Crippen LogP contribution in [-0.2, 0) is 35.1 Å².